The van der Waals surface area contributed by atoms with Gasteiger partial charge in [-0.05, 0) is 13.0 Å². The fourth-order valence-electron chi connectivity index (χ4n) is 1.71. The summed E-state index contributed by atoms with van der Waals surface area (Å²) in [6.45, 7) is 2.00. The molecule has 0 unspecified atom stereocenters. The van der Waals surface area contributed by atoms with Crippen molar-refractivity contribution in [2.24, 2.45) is 0 Å². The molecule has 7 heteroatoms. The number of carbonyl (C=O) groups is 1. The SMILES string of the molecule is CCOC(=O)c1cc2cc([N+](=O)OC)cc(Cl)c2[nH]1. The molecule has 1 heterocycles. The molecule has 0 aliphatic heterocycles. The predicted octanol–water partition coefficient (Wildman–Crippen LogP) is 2.97. The number of aromatic nitrogens is 1. The first-order chi connectivity index (χ1) is 9.06. The number of nitrogens with one attached hydrogen (secondary N) is 1. The molecule has 0 fully saturated rings. The first-order valence-corrected chi connectivity index (χ1v) is 5.95. The van der Waals surface area contributed by atoms with Gasteiger partial charge in [-0.1, -0.05) is 11.6 Å². The number of esters is 1. The Labute approximate surface area is 113 Å². The van der Waals surface area contributed by atoms with E-state index in [1.807, 2.05) is 0 Å². The molecule has 0 saturated heterocycles. The lowest BCUT2D eigenvalue weighted by atomic mass is 10.2. The van der Waals surface area contributed by atoms with Crippen LogP contribution < -0.4 is 0 Å². The van der Waals surface area contributed by atoms with E-state index in [4.69, 9.17) is 16.3 Å². The standard InChI is InChI=1S/C12H11ClN2O4/c1-3-19-12(16)10-5-7-4-8(15(17)18-2)6-9(13)11(7)14-10/h4-6H,3H2,1-2H3/p+1. The molecule has 100 valence electrons. The summed E-state index contributed by atoms with van der Waals surface area (Å²) in [5.74, 6) is -0.470. The van der Waals surface area contributed by atoms with Gasteiger partial charge in [0.25, 0.3) is 4.92 Å². The monoisotopic (exact) mass is 283 g/mol. The number of rotatable bonds is 4. The number of ether oxygens (including phenoxy) is 1. The third-order valence-electron chi connectivity index (χ3n) is 2.54. The molecule has 0 radical (unpaired) electrons. The fourth-order valence-corrected chi connectivity index (χ4v) is 1.98. The molecule has 1 N–H and O–H groups in total. The van der Waals surface area contributed by atoms with Gasteiger partial charge in [-0.15, -0.1) is 0 Å². The first-order valence-electron chi connectivity index (χ1n) is 5.57. The zero-order valence-electron chi connectivity index (χ0n) is 10.4. The lowest BCUT2D eigenvalue weighted by Crippen LogP contribution is -2.04. The number of carbonyl (C=O) groups excluding carboxylic acids is 1. The van der Waals surface area contributed by atoms with E-state index in [0.29, 0.717) is 20.8 Å². The van der Waals surface area contributed by atoms with Crippen LogP contribution in [0.5, 0.6) is 0 Å². The van der Waals surface area contributed by atoms with Crippen LogP contribution in [-0.2, 0) is 9.57 Å². The van der Waals surface area contributed by atoms with E-state index in [1.54, 1.807) is 19.1 Å². The Hall–Kier alpha value is -2.08. The first kappa shape index (κ1) is 13.4. The largest absolute Gasteiger partial charge is 0.461 e. The molecule has 1 aromatic heterocycles. The van der Waals surface area contributed by atoms with E-state index in [0.717, 1.165) is 0 Å². The summed E-state index contributed by atoms with van der Waals surface area (Å²) in [6.07, 6.45) is 0. The highest BCUT2D eigenvalue weighted by Crippen LogP contribution is 2.29. The lowest BCUT2D eigenvalue weighted by Gasteiger charge is -1.97. The topological polar surface area (TPSA) is 71.4 Å². The highest BCUT2D eigenvalue weighted by atomic mass is 35.5. The van der Waals surface area contributed by atoms with Gasteiger partial charge in [0.05, 0.1) is 22.1 Å². The van der Waals surface area contributed by atoms with Gasteiger partial charge in [0.15, 0.2) is 7.11 Å². The molecular formula is C12H12ClN2O4+. The molecule has 0 bridgehead atoms. The second-order valence-corrected chi connectivity index (χ2v) is 4.14. The van der Waals surface area contributed by atoms with Crippen molar-refractivity contribution in [2.45, 2.75) is 6.92 Å². The molecule has 2 aromatic rings. The molecule has 0 aliphatic carbocycles. The third kappa shape index (κ3) is 2.53. The van der Waals surface area contributed by atoms with Crippen molar-refractivity contribution in [1.82, 2.24) is 4.98 Å². The van der Waals surface area contributed by atoms with Crippen molar-refractivity contribution in [3.63, 3.8) is 0 Å². The summed E-state index contributed by atoms with van der Waals surface area (Å²) in [7, 11) is 1.26. The Bertz CT molecular complexity index is 650. The number of nitrogens with zero attached hydrogens (tertiary/aromatic N) is 1. The zero-order valence-corrected chi connectivity index (χ0v) is 11.2. The Balaban J connectivity index is 2.50. The van der Waals surface area contributed by atoms with Gasteiger partial charge >= 0.3 is 11.7 Å². The van der Waals surface area contributed by atoms with Crippen LogP contribution in [0.15, 0.2) is 18.2 Å². The second-order valence-electron chi connectivity index (χ2n) is 3.73. The van der Waals surface area contributed by atoms with Crippen molar-refractivity contribution >= 4 is 34.2 Å². The smallest absolute Gasteiger partial charge is 0.354 e. The fraction of sp³-hybridized carbons (Fsp3) is 0.250. The molecule has 19 heavy (non-hydrogen) atoms. The van der Waals surface area contributed by atoms with Gasteiger partial charge in [0.2, 0.25) is 0 Å². The number of aromatic amines is 1. The van der Waals surface area contributed by atoms with Crippen LogP contribution in [0.2, 0.25) is 5.02 Å². The Morgan fingerprint density at radius 2 is 2.16 bits per heavy atom. The van der Waals surface area contributed by atoms with Crippen LogP contribution in [0.3, 0.4) is 0 Å². The molecule has 0 aliphatic rings. The van der Waals surface area contributed by atoms with E-state index < -0.39 is 5.97 Å². The van der Waals surface area contributed by atoms with E-state index in [9.17, 15) is 9.70 Å². The average molecular weight is 284 g/mol. The molecule has 0 spiro atoms. The maximum absolute atomic E-state index is 11.6. The van der Waals surface area contributed by atoms with Crippen molar-refractivity contribution in [1.29, 1.82) is 0 Å². The van der Waals surface area contributed by atoms with Gasteiger partial charge in [0.1, 0.15) is 5.69 Å². The minimum absolute atomic E-state index is 0.245. The van der Waals surface area contributed by atoms with Gasteiger partial charge in [-0.3, -0.25) is 0 Å². The number of H-pyrrole nitrogens is 1. The van der Waals surface area contributed by atoms with Gasteiger partial charge in [-0.25, -0.2) is 9.63 Å². The third-order valence-corrected chi connectivity index (χ3v) is 2.84. The highest BCUT2D eigenvalue weighted by molar-refractivity contribution is 6.35. The van der Waals surface area contributed by atoms with E-state index in [-0.39, 0.29) is 18.0 Å². The Morgan fingerprint density at radius 3 is 2.79 bits per heavy atom. The van der Waals surface area contributed by atoms with Crippen molar-refractivity contribution in [3.8, 4) is 0 Å². The number of hydrogen-bond acceptors (Lipinski definition) is 4. The summed E-state index contributed by atoms with van der Waals surface area (Å²) >= 11 is 6.05. The lowest BCUT2D eigenvalue weighted by molar-refractivity contribution is -0.736. The van der Waals surface area contributed by atoms with Crippen LogP contribution in [-0.4, -0.2) is 29.6 Å². The number of hydrogen-bond donors (Lipinski definition) is 1. The normalized spacial score (nSPS) is 10.5. The number of fused-ring (bicyclic) bond motifs is 1. The zero-order chi connectivity index (χ0) is 14.0. The quantitative estimate of drug-likeness (QED) is 0.692. The van der Waals surface area contributed by atoms with Crippen LogP contribution >= 0.6 is 11.6 Å². The summed E-state index contributed by atoms with van der Waals surface area (Å²) in [4.78, 5) is 30.7. The molecule has 0 atom stereocenters. The minimum atomic E-state index is -0.470. The Morgan fingerprint density at radius 1 is 1.42 bits per heavy atom. The van der Waals surface area contributed by atoms with Gasteiger partial charge in [0, 0.05) is 17.5 Å². The summed E-state index contributed by atoms with van der Waals surface area (Å²) in [5.41, 5.74) is 1.10. The maximum Gasteiger partial charge on any atom is 0.354 e. The van der Waals surface area contributed by atoms with E-state index in [1.165, 1.54) is 13.2 Å². The second kappa shape index (κ2) is 5.27. The highest BCUT2D eigenvalue weighted by Gasteiger charge is 2.20. The van der Waals surface area contributed by atoms with Crippen LogP contribution in [0.25, 0.3) is 10.9 Å². The van der Waals surface area contributed by atoms with Crippen molar-refractivity contribution in [3.05, 3.63) is 33.8 Å². The van der Waals surface area contributed by atoms with Crippen molar-refractivity contribution in [2.75, 3.05) is 13.7 Å². The summed E-state index contributed by atoms with van der Waals surface area (Å²) in [6, 6.07) is 4.59. The summed E-state index contributed by atoms with van der Waals surface area (Å²) in [5, 5.41) is 0.949. The number of halogens is 1. The van der Waals surface area contributed by atoms with Crippen LogP contribution in [0, 0.1) is 4.91 Å². The molecule has 0 saturated carbocycles. The van der Waals surface area contributed by atoms with E-state index >= 15 is 0 Å². The molecular weight excluding hydrogens is 272 g/mol. The predicted molar refractivity (Wildman–Crippen MR) is 69.6 cm³/mol. The van der Waals surface area contributed by atoms with Crippen LogP contribution in [0.4, 0.5) is 5.69 Å². The Kier molecular flexibility index (Phi) is 3.71. The van der Waals surface area contributed by atoms with Gasteiger partial charge in [-0.2, -0.15) is 0 Å². The van der Waals surface area contributed by atoms with E-state index in [2.05, 4.69) is 9.82 Å². The molecule has 1 aromatic carbocycles. The minimum Gasteiger partial charge on any atom is -0.461 e. The summed E-state index contributed by atoms with van der Waals surface area (Å²) < 4.78 is 4.89. The average Bonchev–Trinajstić information content (AvgIpc) is 2.82. The molecule has 2 rings (SSSR count). The van der Waals surface area contributed by atoms with Crippen LogP contribution in [0.1, 0.15) is 17.4 Å². The van der Waals surface area contributed by atoms with Gasteiger partial charge < -0.3 is 9.72 Å². The molecule has 6 nitrogen and oxygen atoms in total. The van der Waals surface area contributed by atoms with Crippen molar-refractivity contribution < 1.29 is 19.3 Å². The maximum atomic E-state index is 11.6. The number of benzene rings is 1. The molecule has 0 amide bonds.